The number of benzene rings is 1. The normalized spacial score (nSPS) is 29.7. The van der Waals surface area contributed by atoms with Gasteiger partial charge in [-0.25, -0.2) is 8.78 Å². The average Bonchev–Trinajstić information content (AvgIpc) is 2.72. The van der Waals surface area contributed by atoms with Crippen LogP contribution in [0.3, 0.4) is 0 Å². The van der Waals surface area contributed by atoms with Crippen molar-refractivity contribution in [2.75, 3.05) is 0 Å². The first-order valence-corrected chi connectivity index (χ1v) is 4.02. The number of hydrogen-bond donors (Lipinski definition) is 0. The summed E-state index contributed by atoms with van der Waals surface area (Å²) >= 11 is 0. The van der Waals surface area contributed by atoms with E-state index in [-0.39, 0.29) is 6.42 Å². The van der Waals surface area contributed by atoms with Gasteiger partial charge in [0, 0.05) is 6.42 Å². The lowest BCUT2D eigenvalue weighted by atomic mass is 9.97. The van der Waals surface area contributed by atoms with Gasteiger partial charge >= 0.3 is 0 Å². The fourth-order valence-electron chi connectivity index (χ4n) is 1.55. The molecule has 1 fully saturated rings. The Hall–Kier alpha value is -1.25. The van der Waals surface area contributed by atoms with Crippen LogP contribution in [0.2, 0.25) is 0 Å². The first-order chi connectivity index (χ1) is 6.12. The number of hydrogen-bond acceptors (Lipinski definition) is 1. The van der Waals surface area contributed by atoms with Crippen LogP contribution in [0.4, 0.5) is 8.78 Å². The van der Waals surface area contributed by atoms with E-state index in [1.165, 1.54) is 0 Å². The summed E-state index contributed by atoms with van der Waals surface area (Å²) in [6, 6.07) is 8.19. The molecular weight excluding hydrogens is 174 g/mol. The molecule has 68 valence electrons. The fraction of sp³-hybridized carbons (Fsp3) is 0.300. The first-order valence-electron chi connectivity index (χ1n) is 4.02. The van der Waals surface area contributed by atoms with Crippen LogP contribution in [0.25, 0.3) is 0 Å². The number of rotatable bonds is 2. The van der Waals surface area contributed by atoms with Crippen molar-refractivity contribution in [3.8, 4) is 0 Å². The minimum Gasteiger partial charge on any atom is -0.302 e. The number of carbonyl (C=O) groups is 1. The van der Waals surface area contributed by atoms with Gasteiger partial charge < -0.3 is 4.79 Å². The van der Waals surface area contributed by atoms with Gasteiger partial charge in [-0.15, -0.1) is 0 Å². The van der Waals surface area contributed by atoms with Crippen LogP contribution < -0.4 is 0 Å². The molecule has 1 saturated carbocycles. The molecule has 0 aliphatic heterocycles. The Morgan fingerprint density at radius 3 is 2.15 bits per heavy atom. The van der Waals surface area contributed by atoms with Gasteiger partial charge in [0.05, 0.1) is 0 Å². The lowest BCUT2D eigenvalue weighted by molar-refractivity contribution is -0.112. The predicted molar refractivity (Wildman–Crippen MR) is 43.7 cm³/mol. The third-order valence-corrected chi connectivity index (χ3v) is 2.52. The minimum absolute atomic E-state index is 0.354. The highest BCUT2D eigenvalue weighted by Gasteiger charge is 2.72. The molecule has 1 atom stereocenters. The van der Waals surface area contributed by atoms with Crippen molar-refractivity contribution in [3.63, 3.8) is 0 Å². The summed E-state index contributed by atoms with van der Waals surface area (Å²) in [6.45, 7) is 0. The molecule has 0 aromatic heterocycles. The molecule has 0 N–H and O–H groups in total. The Labute approximate surface area is 74.4 Å². The molecule has 1 nitrogen and oxygen atoms in total. The van der Waals surface area contributed by atoms with Crippen molar-refractivity contribution in [1.29, 1.82) is 0 Å². The van der Waals surface area contributed by atoms with Gasteiger partial charge in [-0.3, -0.25) is 0 Å². The third kappa shape index (κ3) is 0.996. The highest BCUT2D eigenvalue weighted by atomic mass is 19.3. The first kappa shape index (κ1) is 8.35. The lowest BCUT2D eigenvalue weighted by Gasteiger charge is -2.07. The number of carbonyl (C=O) groups excluding carboxylic acids is 1. The van der Waals surface area contributed by atoms with Crippen molar-refractivity contribution < 1.29 is 13.6 Å². The molecule has 0 saturated heterocycles. The predicted octanol–water partition coefficient (Wildman–Crippen LogP) is 2.16. The van der Waals surface area contributed by atoms with E-state index in [1.54, 1.807) is 30.3 Å². The summed E-state index contributed by atoms with van der Waals surface area (Å²) in [5, 5.41) is 0. The molecule has 0 unspecified atom stereocenters. The molecule has 3 heteroatoms. The van der Waals surface area contributed by atoms with E-state index in [0.29, 0.717) is 11.8 Å². The molecular formula is C10H8F2O. The average molecular weight is 182 g/mol. The van der Waals surface area contributed by atoms with E-state index in [0.717, 1.165) is 0 Å². The maximum atomic E-state index is 12.9. The highest BCUT2D eigenvalue weighted by Crippen LogP contribution is 2.59. The lowest BCUT2D eigenvalue weighted by Crippen LogP contribution is -2.17. The van der Waals surface area contributed by atoms with E-state index in [4.69, 9.17) is 0 Å². The van der Waals surface area contributed by atoms with Gasteiger partial charge in [0.1, 0.15) is 11.7 Å². The maximum absolute atomic E-state index is 12.9. The van der Waals surface area contributed by atoms with Crippen molar-refractivity contribution in [2.24, 2.45) is 0 Å². The van der Waals surface area contributed by atoms with Crippen LogP contribution in [-0.2, 0) is 10.2 Å². The summed E-state index contributed by atoms with van der Waals surface area (Å²) < 4.78 is 25.8. The monoisotopic (exact) mass is 182 g/mol. The zero-order valence-corrected chi connectivity index (χ0v) is 6.84. The summed E-state index contributed by atoms with van der Waals surface area (Å²) in [4.78, 5) is 10.6. The van der Waals surface area contributed by atoms with E-state index in [1.807, 2.05) is 0 Å². The maximum Gasteiger partial charge on any atom is 0.265 e. The van der Waals surface area contributed by atoms with Crippen LogP contribution >= 0.6 is 0 Å². The standard InChI is InChI=1S/C10H8F2O/c11-10(12)6-9(10,7-13)8-4-2-1-3-5-8/h1-5,7H,6H2/t9-/m1/s1. The number of halogens is 2. The zero-order chi connectivity index (χ0) is 9.53. The molecule has 0 radical (unpaired) electrons. The largest absolute Gasteiger partial charge is 0.302 e. The van der Waals surface area contributed by atoms with E-state index >= 15 is 0 Å². The van der Waals surface area contributed by atoms with Crippen LogP contribution in [0.1, 0.15) is 12.0 Å². The van der Waals surface area contributed by atoms with Crippen LogP contribution in [-0.4, -0.2) is 12.2 Å². The molecule has 13 heavy (non-hydrogen) atoms. The molecule has 1 aromatic rings. The Balaban J connectivity index is 2.42. The topological polar surface area (TPSA) is 17.1 Å². The number of alkyl halides is 2. The molecule has 0 amide bonds. The number of aldehydes is 1. The minimum atomic E-state index is -2.85. The van der Waals surface area contributed by atoms with Gasteiger partial charge in [0.2, 0.25) is 0 Å². The SMILES string of the molecule is O=C[C@@]1(c2ccccc2)CC1(F)F. The van der Waals surface area contributed by atoms with E-state index < -0.39 is 11.3 Å². The van der Waals surface area contributed by atoms with Gasteiger partial charge in [-0.2, -0.15) is 0 Å². The second-order valence-corrected chi connectivity index (χ2v) is 3.34. The van der Waals surface area contributed by atoms with Crippen molar-refractivity contribution in [3.05, 3.63) is 35.9 Å². The molecule has 2 rings (SSSR count). The quantitative estimate of drug-likeness (QED) is 0.640. The Bertz CT molecular complexity index is 334. The summed E-state index contributed by atoms with van der Waals surface area (Å²) in [5.41, 5.74) is -1.12. The summed E-state index contributed by atoms with van der Waals surface area (Å²) in [6.07, 6.45) is 0.00977. The highest BCUT2D eigenvalue weighted by molar-refractivity contribution is 5.76. The molecule has 1 aromatic carbocycles. The van der Waals surface area contributed by atoms with Crippen LogP contribution in [0.15, 0.2) is 30.3 Å². The second-order valence-electron chi connectivity index (χ2n) is 3.34. The van der Waals surface area contributed by atoms with Crippen molar-refractivity contribution in [2.45, 2.75) is 17.8 Å². The van der Waals surface area contributed by atoms with E-state index in [2.05, 4.69) is 0 Å². The smallest absolute Gasteiger partial charge is 0.265 e. The second kappa shape index (κ2) is 2.37. The Morgan fingerprint density at radius 1 is 1.23 bits per heavy atom. The summed E-state index contributed by atoms with van der Waals surface area (Å²) in [7, 11) is 0. The van der Waals surface area contributed by atoms with Crippen LogP contribution in [0, 0.1) is 0 Å². The fourth-order valence-corrected chi connectivity index (χ4v) is 1.55. The molecule has 0 heterocycles. The Kier molecular flexibility index (Phi) is 1.53. The van der Waals surface area contributed by atoms with Gasteiger partial charge in [-0.05, 0) is 5.56 Å². The van der Waals surface area contributed by atoms with Crippen LogP contribution in [0.5, 0.6) is 0 Å². The molecule has 0 spiro atoms. The Morgan fingerprint density at radius 2 is 1.77 bits per heavy atom. The van der Waals surface area contributed by atoms with Crippen molar-refractivity contribution >= 4 is 6.29 Å². The summed E-state index contributed by atoms with van der Waals surface area (Å²) in [5.74, 6) is -2.85. The van der Waals surface area contributed by atoms with E-state index in [9.17, 15) is 13.6 Å². The van der Waals surface area contributed by atoms with Gasteiger partial charge in [0.25, 0.3) is 5.92 Å². The molecule has 0 bridgehead atoms. The zero-order valence-electron chi connectivity index (χ0n) is 6.84. The third-order valence-electron chi connectivity index (χ3n) is 2.52. The van der Waals surface area contributed by atoms with Crippen molar-refractivity contribution in [1.82, 2.24) is 0 Å². The van der Waals surface area contributed by atoms with Gasteiger partial charge in [0.15, 0.2) is 0 Å². The van der Waals surface area contributed by atoms with Gasteiger partial charge in [-0.1, -0.05) is 30.3 Å². The molecule has 1 aliphatic rings. The molecule has 1 aliphatic carbocycles.